The van der Waals surface area contributed by atoms with Crippen molar-refractivity contribution in [3.05, 3.63) is 29.3 Å². The summed E-state index contributed by atoms with van der Waals surface area (Å²) in [5, 5.41) is 18.1. The number of halogens is 3. The lowest BCUT2D eigenvalue weighted by molar-refractivity contribution is -0.137. The van der Waals surface area contributed by atoms with Crippen molar-refractivity contribution in [3.8, 4) is 6.07 Å². The molecule has 0 bridgehead atoms. The lowest BCUT2D eigenvalue weighted by Gasteiger charge is -2.34. The molecular weight excluding hydrogens is 273 g/mol. The molecule has 1 unspecified atom stereocenters. The van der Waals surface area contributed by atoms with Gasteiger partial charge in [0.1, 0.15) is 6.07 Å². The van der Waals surface area contributed by atoms with E-state index in [1.54, 1.807) is 11.0 Å². The second kappa shape index (κ2) is 5.69. The molecule has 7 heteroatoms. The summed E-state index contributed by atoms with van der Waals surface area (Å²) in [6.45, 7) is 1.00. The molecule has 1 aromatic carbocycles. The van der Waals surface area contributed by atoms with Crippen LogP contribution in [0.15, 0.2) is 18.2 Å². The van der Waals surface area contributed by atoms with Gasteiger partial charge >= 0.3 is 6.18 Å². The summed E-state index contributed by atoms with van der Waals surface area (Å²) in [5.74, 6) is 0. The molecule has 1 aliphatic rings. The van der Waals surface area contributed by atoms with E-state index < -0.39 is 17.8 Å². The molecule has 0 aromatic heterocycles. The maximum atomic E-state index is 12.6. The molecule has 1 aliphatic heterocycles. The van der Waals surface area contributed by atoms with Gasteiger partial charge in [0.25, 0.3) is 0 Å². The van der Waals surface area contributed by atoms with Crippen LogP contribution in [0, 0.1) is 11.3 Å². The van der Waals surface area contributed by atoms with Crippen LogP contribution >= 0.6 is 0 Å². The minimum absolute atomic E-state index is 0.0292. The molecule has 2 rings (SSSR count). The molecule has 1 saturated heterocycles. The molecule has 4 nitrogen and oxygen atoms in total. The molecule has 108 valence electrons. The fourth-order valence-electron chi connectivity index (χ4n) is 2.13. The first-order chi connectivity index (χ1) is 9.45. The minimum atomic E-state index is -4.47. The van der Waals surface area contributed by atoms with Crippen molar-refractivity contribution >= 4 is 5.69 Å². The smallest absolute Gasteiger partial charge is 0.394 e. The second-order valence-electron chi connectivity index (χ2n) is 4.46. The Kier molecular flexibility index (Phi) is 4.16. The number of aliphatic hydroxyl groups is 1. The van der Waals surface area contributed by atoms with Gasteiger partial charge in [-0.05, 0) is 18.2 Å². The van der Waals surface area contributed by atoms with Gasteiger partial charge in [-0.1, -0.05) is 0 Å². The number of morpholine rings is 1. The molecule has 0 radical (unpaired) electrons. The topological polar surface area (TPSA) is 56.5 Å². The van der Waals surface area contributed by atoms with Crippen LogP contribution in [0.2, 0.25) is 0 Å². The Morgan fingerprint density at radius 1 is 1.45 bits per heavy atom. The Morgan fingerprint density at radius 3 is 2.80 bits per heavy atom. The standard InChI is InChI=1S/C13H13F3N2O2/c14-13(15,16)10-1-2-12(9(5-10)6-17)18-3-4-20-11(7-18)8-19/h1-2,5,11,19H,3-4,7-8H2. The van der Waals surface area contributed by atoms with Crippen LogP contribution in [0.4, 0.5) is 18.9 Å². The van der Waals surface area contributed by atoms with Crippen molar-refractivity contribution in [1.29, 1.82) is 5.26 Å². The summed E-state index contributed by atoms with van der Waals surface area (Å²) in [5.41, 5.74) is -0.439. The third kappa shape index (κ3) is 3.03. The number of ether oxygens (including phenoxy) is 1. The first kappa shape index (κ1) is 14.6. The quantitative estimate of drug-likeness (QED) is 0.900. The van der Waals surface area contributed by atoms with E-state index in [4.69, 9.17) is 15.1 Å². The highest BCUT2D eigenvalue weighted by Crippen LogP contribution is 2.33. The summed E-state index contributed by atoms with van der Waals surface area (Å²) in [6, 6.07) is 4.89. The van der Waals surface area contributed by atoms with Gasteiger partial charge in [0.05, 0.1) is 36.1 Å². The Labute approximate surface area is 114 Å². The molecule has 1 atom stereocenters. The van der Waals surface area contributed by atoms with E-state index in [0.29, 0.717) is 25.4 Å². The van der Waals surface area contributed by atoms with Crippen molar-refractivity contribution in [2.45, 2.75) is 12.3 Å². The third-order valence-corrected chi connectivity index (χ3v) is 3.13. The molecule has 20 heavy (non-hydrogen) atoms. The van der Waals surface area contributed by atoms with E-state index in [-0.39, 0.29) is 12.2 Å². The van der Waals surface area contributed by atoms with Crippen molar-refractivity contribution < 1.29 is 23.0 Å². The number of hydrogen-bond donors (Lipinski definition) is 1. The van der Waals surface area contributed by atoms with Gasteiger partial charge in [-0.3, -0.25) is 0 Å². The first-order valence-electron chi connectivity index (χ1n) is 6.04. The largest absolute Gasteiger partial charge is 0.416 e. The SMILES string of the molecule is N#Cc1cc(C(F)(F)F)ccc1N1CCOC(CO)C1. The van der Waals surface area contributed by atoms with E-state index in [9.17, 15) is 13.2 Å². The maximum absolute atomic E-state index is 12.6. The Balaban J connectivity index is 2.30. The highest BCUT2D eigenvalue weighted by atomic mass is 19.4. The number of nitrogens with zero attached hydrogens (tertiary/aromatic N) is 2. The Hall–Kier alpha value is -1.78. The fourth-order valence-corrected chi connectivity index (χ4v) is 2.13. The number of rotatable bonds is 2. The summed E-state index contributed by atoms with van der Waals surface area (Å²) < 4.78 is 43.1. The lowest BCUT2D eigenvalue weighted by atomic mass is 10.1. The van der Waals surface area contributed by atoms with Crippen LogP contribution in [0.3, 0.4) is 0 Å². The minimum Gasteiger partial charge on any atom is -0.394 e. The number of aliphatic hydroxyl groups excluding tert-OH is 1. The maximum Gasteiger partial charge on any atom is 0.416 e. The average Bonchev–Trinajstić information content (AvgIpc) is 2.45. The van der Waals surface area contributed by atoms with Crippen LogP contribution in [0.5, 0.6) is 0 Å². The van der Waals surface area contributed by atoms with E-state index in [2.05, 4.69) is 0 Å². The summed E-state index contributed by atoms with van der Waals surface area (Å²) in [4.78, 5) is 1.75. The number of anilines is 1. The van der Waals surface area contributed by atoms with Crippen molar-refractivity contribution in [2.24, 2.45) is 0 Å². The van der Waals surface area contributed by atoms with Crippen molar-refractivity contribution in [2.75, 3.05) is 31.2 Å². The van der Waals surface area contributed by atoms with Gasteiger partial charge in [0.15, 0.2) is 0 Å². The van der Waals surface area contributed by atoms with E-state index >= 15 is 0 Å². The number of hydrogen-bond acceptors (Lipinski definition) is 4. The average molecular weight is 286 g/mol. The first-order valence-corrected chi connectivity index (χ1v) is 6.04. The summed E-state index contributed by atoms with van der Waals surface area (Å²) >= 11 is 0. The Bertz CT molecular complexity index is 525. The Morgan fingerprint density at radius 2 is 2.20 bits per heavy atom. The molecule has 1 aromatic rings. The molecule has 1 N–H and O–H groups in total. The van der Waals surface area contributed by atoms with Crippen LogP contribution in [-0.2, 0) is 10.9 Å². The van der Waals surface area contributed by atoms with Gasteiger partial charge in [0.2, 0.25) is 0 Å². The van der Waals surface area contributed by atoms with Gasteiger partial charge < -0.3 is 14.7 Å². The van der Waals surface area contributed by atoms with Gasteiger partial charge in [-0.25, -0.2) is 0 Å². The molecule has 0 aliphatic carbocycles. The molecule has 1 heterocycles. The fraction of sp³-hybridized carbons (Fsp3) is 0.462. The van der Waals surface area contributed by atoms with E-state index in [1.807, 2.05) is 0 Å². The molecular formula is C13H13F3N2O2. The number of nitriles is 1. The van der Waals surface area contributed by atoms with Gasteiger partial charge in [0, 0.05) is 13.1 Å². The predicted octanol–water partition coefficient (Wildman–Crippen LogP) is 1.77. The van der Waals surface area contributed by atoms with Crippen LogP contribution < -0.4 is 4.90 Å². The predicted molar refractivity (Wildman–Crippen MR) is 65.2 cm³/mol. The highest BCUT2D eigenvalue weighted by molar-refractivity contribution is 5.61. The molecule has 0 saturated carbocycles. The van der Waals surface area contributed by atoms with E-state index in [1.165, 1.54) is 6.07 Å². The van der Waals surface area contributed by atoms with E-state index in [0.717, 1.165) is 12.1 Å². The van der Waals surface area contributed by atoms with Crippen molar-refractivity contribution in [3.63, 3.8) is 0 Å². The monoisotopic (exact) mass is 286 g/mol. The van der Waals surface area contributed by atoms with Crippen molar-refractivity contribution in [1.82, 2.24) is 0 Å². The number of alkyl halides is 3. The normalized spacial score (nSPS) is 19.8. The number of benzene rings is 1. The van der Waals surface area contributed by atoms with Crippen LogP contribution in [0.25, 0.3) is 0 Å². The second-order valence-corrected chi connectivity index (χ2v) is 4.46. The lowest BCUT2D eigenvalue weighted by Crippen LogP contribution is -2.44. The molecule has 0 amide bonds. The highest BCUT2D eigenvalue weighted by Gasteiger charge is 2.32. The zero-order valence-electron chi connectivity index (χ0n) is 10.5. The molecule has 1 fully saturated rings. The van der Waals surface area contributed by atoms with Crippen LogP contribution in [0.1, 0.15) is 11.1 Å². The van der Waals surface area contributed by atoms with Crippen LogP contribution in [-0.4, -0.2) is 37.5 Å². The summed E-state index contributed by atoms with van der Waals surface area (Å²) in [6.07, 6.45) is -4.86. The third-order valence-electron chi connectivity index (χ3n) is 3.13. The summed E-state index contributed by atoms with van der Waals surface area (Å²) in [7, 11) is 0. The molecule has 0 spiro atoms. The zero-order chi connectivity index (χ0) is 14.8. The van der Waals surface area contributed by atoms with Gasteiger partial charge in [-0.15, -0.1) is 0 Å². The zero-order valence-corrected chi connectivity index (χ0v) is 10.5. The van der Waals surface area contributed by atoms with Gasteiger partial charge in [-0.2, -0.15) is 18.4 Å².